The van der Waals surface area contributed by atoms with Crippen LogP contribution in [-0.4, -0.2) is 15.6 Å². The summed E-state index contributed by atoms with van der Waals surface area (Å²) in [6.45, 7) is 11.5. The first-order valence-electron chi connectivity index (χ1n) is 5.33. The third-order valence-electron chi connectivity index (χ3n) is 2.28. The second kappa shape index (κ2) is 4.51. The van der Waals surface area contributed by atoms with Crippen LogP contribution in [0, 0.1) is 0 Å². The van der Waals surface area contributed by atoms with Crippen molar-refractivity contribution >= 4 is 5.82 Å². The van der Waals surface area contributed by atoms with Gasteiger partial charge in [-0.1, -0.05) is 6.08 Å². The van der Waals surface area contributed by atoms with Crippen LogP contribution in [0.25, 0.3) is 0 Å². The molecule has 0 radical (unpaired) electrons. The zero-order valence-corrected chi connectivity index (χ0v) is 10.3. The van der Waals surface area contributed by atoms with Crippen molar-refractivity contribution in [3.63, 3.8) is 0 Å². The van der Waals surface area contributed by atoms with Gasteiger partial charge in [-0.15, -0.1) is 6.58 Å². The third kappa shape index (κ3) is 2.72. The molecule has 1 rings (SSSR count). The number of nitrogens with one attached hydrogen (secondary N) is 1. The van der Waals surface area contributed by atoms with Crippen molar-refractivity contribution < 1.29 is 0 Å². The molecule has 0 aliphatic rings. The highest BCUT2D eigenvalue weighted by Gasteiger charge is 2.16. The summed E-state index contributed by atoms with van der Waals surface area (Å²) in [6.07, 6.45) is 5.06. The summed E-state index contributed by atoms with van der Waals surface area (Å²) in [7, 11) is 0. The smallest absolute Gasteiger partial charge is 0.293 e. The molecule has 1 aromatic rings. The first-order chi connectivity index (χ1) is 7.36. The summed E-state index contributed by atoms with van der Waals surface area (Å²) in [5.74, 6) is 0.366. The molecule has 1 aromatic heterocycles. The van der Waals surface area contributed by atoms with Gasteiger partial charge < -0.3 is 9.88 Å². The molecule has 0 fully saturated rings. The molecule has 1 unspecified atom stereocenters. The van der Waals surface area contributed by atoms with Crippen molar-refractivity contribution in [2.75, 3.05) is 5.32 Å². The van der Waals surface area contributed by atoms with Crippen molar-refractivity contribution in [1.29, 1.82) is 0 Å². The molecular formula is C12H19N3O. The van der Waals surface area contributed by atoms with Crippen LogP contribution in [0.4, 0.5) is 5.82 Å². The molecule has 4 nitrogen and oxygen atoms in total. The van der Waals surface area contributed by atoms with Gasteiger partial charge in [0, 0.05) is 24.0 Å². The first kappa shape index (κ1) is 12.5. The molecule has 1 N–H and O–H groups in total. The predicted octanol–water partition coefficient (Wildman–Crippen LogP) is 1.98. The Kier molecular flexibility index (Phi) is 3.52. The van der Waals surface area contributed by atoms with Gasteiger partial charge in [-0.2, -0.15) is 0 Å². The lowest BCUT2D eigenvalue weighted by Crippen LogP contribution is -2.36. The van der Waals surface area contributed by atoms with Crippen LogP contribution in [0.1, 0.15) is 27.7 Å². The Labute approximate surface area is 96.0 Å². The van der Waals surface area contributed by atoms with Gasteiger partial charge in [0.25, 0.3) is 5.56 Å². The minimum absolute atomic E-state index is 0.0241. The molecule has 0 aliphatic carbocycles. The SMILES string of the molecule is C=CC(C)Nc1nccn(C(C)(C)C)c1=O. The summed E-state index contributed by atoms with van der Waals surface area (Å²) in [5.41, 5.74) is -0.350. The molecule has 0 amide bonds. The van der Waals surface area contributed by atoms with Crippen molar-refractivity contribution in [2.24, 2.45) is 0 Å². The lowest BCUT2D eigenvalue weighted by atomic mass is 10.1. The number of rotatable bonds is 3. The molecular weight excluding hydrogens is 202 g/mol. The summed E-state index contributed by atoms with van der Waals surface area (Å²) in [6, 6.07) is 0.0241. The summed E-state index contributed by atoms with van der Waals surface area (Å²) in [5, 5.41) is 3.01. The lowest BCUT2D eigenvalue weighted by molar-refractivity contribution is 0.383. The fourth-order valence-electron chi connectivity index (χ4n) is 1.31. The molecule has 1 heterocycles. The molecule has 4 heteroatoms. The fraction of sp³-hybridized carbons (Fsp3) is 0.500. The van der Waals surface area contributed by atoms with E-state index in [1.807, 2.05) is 27.7 Å². The maximum absolute atomic E-state index is 12.1. The summed E-state index contributed by atoms with van der Waals surface area (Å²) < 4.78 is 1.66. The minimum atomic E-state index is -0.242. The van der Waals surface area contributed by atoms with Gasteiger partial charge in [-0.25, -0.2) is 4.98 Å². The number of anilines is 1. The summed E-state index contributed by atoms with van der Waals surface area (Å²) in [4.78, 5) is 16.1. The van der Waals surface area contributed by atoms with E-state index in [2.05, 4.69) is 16.9 Å². The molecule has 0 spiro atoms. The van der Waals surface area contributed by atoms with Crippen molar-refractivity contribution in [2.45, 2.75) is 39.3 Å². The van der Waals surface area contributed by atoms with Crippen LogP contribution < -0.4 is 10.9 Å². The number of hydrogen-bond acceptors (Lipinski definition) is 3. The van der Waals surface area contributed by atoms with Crippen LogP contribution >= 0.6 is 0 Å². The Balaban J connectivity index is 3.15. The predicted molar refractivity (Wildman–Crippen MR) is 66.8 cm³/mol. The van der Waals surface area contributed by atoms with Gasteiger partial charge >= 0.3 is 0 Å². The largest absolute Gasteiger partial charge is 0.360 e. The quantitative estimate of drug-likeness (QED) is 0.794. The van der Waals surface area contributed by atoms with Gasteiger partial charge in [-0.05, 0) is 27.7 Å². The highest BCUT2D eigenvalue weighted by Crippen LogP contribution is 2.10. The zero-order valence-electron chi connectivity index (χ0n) is 10.3. The van der Waals surface area contributed by atoms with Crippen molar-refractivity contribution in [3.8, 4) is 0 Å². The second-order valence-corrected chi connectivity index (χ2v) is 4.79. The number of hydrogen-bond donors (Lipinski definition) is 1. The lowest BCUT2D eigenvalue weighted by Gasteiger charge is -2.22. The van der Waals surface area contributed by atoms with Crippen LogP contribution in [0.3, 0.4) is 0 Å². The van der Waals surface area contributed by atoms with E-state index in [0.29, 0.717) is 5.82 Å². The van der Waals surface area contributed by atoms with Crippen molar-refractivity contribution in [3.05, 3.63) is 35.4 Å². The molecule has 0 aliphatic heterocycles. The third-order valence-corrected chi connectivity index (χ3v) is 2.28. The highest BCUT2D eigenvalue weighted by molar-refractivity contribution is 5.33. The number of nitrogens with zero attached hydrogens (tertiary/aromatic N) is 2. The van der Waals surface area contributed by atoms with E-state index in [1.54, 1.807) is 23.0 Å². The van der Waals surface area contributed by atoms with E-state index in [-0.39, 0.29) is 17.1 Å². The standard InChI is InChI=1S/C12H19N3O/c1-6-9(2)14-10-11(16)15(8-7-13-10)12(3,4)5/h6-9H,1H2,2-5H3,(H,13,14). The van der Waals surface area contributed by atoms with Gasteiger partial charge in [0.15, 0.2) is 5.82 Å². The molecule has 16 heavy (non-hydrogen) atoms. The molecule has 1 atom stereocenters. The Morgan fingerprint density at radius 3 is 2.69 bits per heavy atom. The molecule has 0 aromatic carbocycles. The maximum atomic E-state index is 12.1. The van der Waals surface area contributed by atoms with Crippen LogP contribution in [0.15, 0.2) is 29.8 Å². The van der Waals surface area contributed by atoms with Gasteiger partial charge in [0.05, 0.1) is 0 Å². The van der Waals surface area contributed by atoms with Gasteiger partial charge in [-0.3, -0.25) is 4.79 Å². The van der Waals surface area contributed by atoms with E-state index < -0.39 is 0 Å². The Bertz CT molecular complexity index is 429. The average Bonchev–Trinajstić information content (AvgIpc) is 2.19. The highest BCUT2D eigenvalue weighted by atomic mass is 16.1. The fourth-order valence-corrected chi connectivity index (χ4v) is 1.31. The van der Waals surface area contributed by atoms with Crippen LogP contribution in [0.2, 0.25) is 0 Å². The van der Waals surface area contributed by atoms with Gasteiger partial charge in [0.1, 0.15) is 0 Å². The minimum Gasteiger partial charge on any atom is -0.360 e. The first-order valence-corrected chi connectivity index (χ1v) is 5.33. The van der Waals surface area contributed by atoms with E-state index in [0.717, 1.165) is 0 Å². The van der Waals surface area contributed by atoms with E-state index in [9.17, 15) is 4.79 Å². The maximum Gasteiger partial charge on any atom is 0.293 e. The zero-order chi connectivity index (χ0) is 12.3. The summed E-state index contributed by atoms with van der Waals surface area (Å²) >= 11 is 0. The second-order valence-electron chi connectivity index (χ2n) is 4.79. The van der Waals surface area contributed by atoms with Crippen LogP contribution in [-0.2, 0) is 5.54 Å². The Hall–Kier alpha value is -1.58. The van der Waals surface area contributed by atoms with E-state index >= 15 is 0 Å². The normalized spacial score (nSPS) is 13.2. The molecule has 88 valence electrons. The van der Waals surface area contributed by atoms with E-state index in [1.165, 1.54) is 0 Å². The van der Waals surface area contributed by atoms with Crippen LogP contribution in [0.5, 0.6) is 0 Å². The number of aromatic nitrogens is 2. The Morgan fingerprint density at radius 1 is 1.56 bits per heavy atom. The topological polar surface area (TPSA) is 46.9 Å². The molecule has 0 bridgehead atoms. The van der Waals surface area contributed by atoms with E-state index in [4.69, 9.17) is 0 Å². The molecule has 0 saturated carbocycles. The monoisotopic (exact) mass is 221 g/mol. The average molecular weight is 221 g/mol. The molecule has 0 saturated heterocycles. The Morgan fingerprint density at radius 2 is 2.19 bits per heavy atom. The van der Waals surface area contributed by atoms with Crippen molar-refractivity contribution in [1.82, 2.24) is 9.55 Å². The van der Waals surface area contributed by atoms with Gasteiger partial charge in [0.2, 0.25) is 0 Å².